The number of imidazole rings is 1. The highest BCUT2D eigenvalue weighted by Gasteiger charge is 2.31. The molecule has 6 nitrogen and oxygen atoms in total. The van der Waals surface area contributed by atoms with Gasteiger partial charge in [0.25, 0.3) is 5.91 Å². The van der Waals surface area contributed by atoms with E-state index in [1.165, 1.54) is 11.4 Å². The first-order valence-corrected chi connectivity index (χ1v) is 9.88. The minimum atomic E-state index is -0.373. The Hall–Kier alpha value is -2.60. The standard InChI is InChI=1S/C21H25N5O/c22-12-13-8-10-25(11-9-13)21-15-5-3-4-14(15)18(19(23)27)20-24-16-6-1-2-7-17(16)26(20)21/h1-2,6-7,13H,3-5,8-12,22H2,(H2,23,27). The molecule has 4 N–H and O–H groups in total. The predicted octanol–water partition coefficient (Wildman–Crippen LogP) is 2.25. The second-order valence-corrected chi connectivity index (χ2v) is 7.80. The van der Waals surface area contributed by atoms with Gasteiger partial charge >= 0.3 is 0 Å². The zero-order valence-corrected chi connectivity index (χ0v) is 15.4. The molecule has 1 aromatic carbocycles. The number of hydrogen-bond donors (Lipinski definition) is 2. The number of primary amides is 1. The van der Waals surface area contributed by atoms with Crippen LogP contribution in [0.25, 0.3) is 16.7 Å². The summed E-state index contributed by atoms with van der Waals surface area (Å²) in [5, 5.41) is 0. The first-order chi connectivity index (χ1) is 13.2. The number of aromatic nitrogens is 2. The van der Waals surface area contributed by atoms with Gasteiger partial charge in [0.2, 0.25) is 0 Å². The number of piperidine rings is 1. The second kappa shape index (κ2) is 6.23. The SMILES string of the molecule is NCC1CCN(c2c3c(c(C(N)=O)c4nc5ccccc5n24)CCC3)CC1. The molecule has 6 heteroatoms. The maximum absolute atomic E-state index is 12.4. The van der Waals surface area contributed by atoms with E-state index in [9.17, 15) is 4.79 Å². The first kappa shape index (κ1) is 16.6. The molecular formula is C21H25N5O. The number of fused-ring (bicyclic) bond motifs is 4. The monoisotopic (exact) mass is 363 g/mol. The molecule has 2 aliphatic rings. The fraction of sp³-hybridized carbons (Fsp3) is 0.429. The molecule has 1 fully saturated rings. The van der Waals surface area contributed by atoms with Crippen LogP contribution < -0.4 is 16.4 Å². The minimum absolute atomic E-state index is 0.373. The maximum atomic E-state index is 12.4. The van der Waals surface area contributed by atoms with Gasteiger partial charge in [-0.05, 0) is 67.8 Å². The zero-order chi connectivity index (χ0) is 18.5. The summed E-state index contributed by atoms with van der Waals surface area (Å²) in [5.74, 6) is 1.45. The Morgan fingerprint density at radius 3 is 2.63 bits per heavy atom. The molecule has 0 bridgehead atoms. The quantitative estimate of drug-likeness (QED) is 0.747. The number of carbonyl (C=O) groups is 1. The smallest absolute Gasteiger partial charge is 0.252 e. The van der Waals surface area contributed by atoms with E-state index in [0.717, 1.165) is 68.3 Å². The number of benzene rings is 1. The molecule has 0 spiro atoms. The molecule has 3 heterocycles. The molecule has 27 heavy (non-hydrogen) atoms. The van der Waals surface area contributed by atoms with Crippen LogP contribution in [0.15, 0.2) is 24.3 Å². The summed E-state index contributed by atoms with van der Waals surface area (Å²) < 4.78 is 2.18. The molecule has 1 saturated heterocycles. The van der Waals surface area contributed by atoms with Crippen molar-refractivity contribution in [2.75, 3.05) is 24.5 Å². The Morgan fingerprint density at radius 1 is 1.15 bits per heavy atom. The summed E-state index contributed by atoms with van der Waals surface area (Å²) in [6.07, 6.45) is 5.17. The number of carbonyl (C=O) groups excluding carboxylic acids is 1. The van der Waals surface area contributed by atoms with Gasteiger partial charge in [-0.2, -0.15) is 0 Å². The van der Waals surface area contributed by atoms with Gasteiger partial charge in [-0.25, -0.2) is 4.98 Å². The highest BCUT2D eigenvalue weighted by Crippen LogP contribution is 2.39. The molecule has 1 aliphatic heterocycles. The number of nitrogens with two attached hydrogens (primary N) is 2. The Balaban J connectivity index is 1.82. The van der Waals surface area contributed by atoms with Crippen LogP contribution in [0.4, 0.5) is 5.82 Å². The molecule has 3 aromatic rings. The Morgan fingerprint density at radius 2 is 1.89 bits per heavy atom. The van der Waals surface area contributed by atoms with Gasteiger partial charge in [-0.15, -0.1) is 0 Å². The molecule has 0 radical (unpaired) electrons. The molecule has 1 aliphatic carbocycles. The van der Waals surface area contributed by atoms with Gasteiger partial charge in [-0.1, -0.05) is 12.1 Å². The number of nitrogens with zero attached hydrogens (tertiary/aromatic N) is 3. The summed E-state index contributed by atoms with van der Waals surface area (Å²) in [6, 6.07) is 8.09. The molecule has 2 aromatic heterocycles. The van der Waals surface area contributed by atoms with Gasteiger partial charge in [-0.3, -0.25) is 9.20 Å². The molecule has 1 amide bonds. The van der Waals surface area contributed by atoms with Crippen molar-refractivity contribution < 1.29 is 4.79 Å². The molecule has 0 atom stereocenters. The van der Waals surface area contributed by atoms with Crippen LogP contribution in [-0.4, -0.2) is 34.9 Å². The van der Waals surface area contributed by atoms with E-state index in [2.05, 4.69) is 15.4 Å². The van der Waals surface area contributed by atoms with Crippen LogP contribution in [0.2, 0.25) is 0 Å². The third-order valence-corrected chi connectivity index (χ3v) is 6.28. The summed E-state index contributed by atoms with van der Waals surface area (Å²) in [4.78, 5) is 19.7. The fourth-order valence-corrected chi connectivity index (χ4v) is 4.92. The molecular weight excluding hydrogens is 338 g/mol. The van der Waals surface area contributed by atoms with Crippen LogP contribution in [0.1, 0.15) is 40.7 Å². The average molecular weight is 363 g/mol. The van der Waals surface area contributed by atoms with E-state index < -0.39 is 0 Å². The van der Waals surface area contributed by atoms with Gasteiger partial charge in [0, 0.05) is 13.1 Å². The minimum Gasteiger partial charge on any atom is -0.365 e. The van der Waals surface area contributed by atoms with E-state index in [-0.39, 0.29) is 5.91 Å². The lowest BCUT2D eigenvalue weighted by Gasteiger charge is -2.35. The molecule has 140 valence electrons. The van der Waals surface area contributed by atoms with Crippen molar-refractivity contribution in [2.24, 2.45) is 17.4 Å². The van der Waals surface area contributed by atoms with E-state index in [1.807, 2.05) is 18.2 Å². The summed E-state index contributed by atoms with van der Waals surface area (Å²) in [5.41, 5.74) is 17.4. The van der Waals surface area contributed by atoms with Gasteiger partial charge in [0.15, 0.2) is 5.65 Å². The Kier molecular flexibility index (Phi) is 3.82. The highest BCUT2D eigenvalue weighted by molar-refractivity contribution is 6.03. The average Bonchev–Trinajstić information content (AvgIpc) is 3.30. The third-order valence-electron chi connectivity index (χ3n) is 6.28. The van der Waals surface area contributed by atoms with Crippen molar-refractivity contribution in [3.05, 3.63) is 41.0 Å². The number of para-hydroxylation sites is 2. The van der Waals surface area contributed by atoms with Crippen molar-refractivity contribution in [3.8, 4) is 0 Å². The lowest BCUT2D eigenvalue weighted by atomic mass is 9.96. The van der Waals surface area contributed by atoms with Crippen LogP contribution in [0, 0.1) is 5.92 Å². The lowest BCUT2D eigenvalue weighted by molar-refractivity contribution is 0.100. The van der Waals surface area contributed by atoms with Crippen molar-refractivity contribution in [3.63, 3.8) is 0 Å². The van der Waals surface area contributed by atoms with E-state index in [4.69, 9.17) is 16.5 Å². The van der Waals surface area contributed by atoms with Crippen molar-refractivity contribution in [2.45, 2.75) is 32.1 Å². The lowest BCUT2D eigenvalue weighted by Crippen LogP contribution is -2.38. The molecule has 0 unspecified atom stereocenters. The second-order valence-electron chi connectivity index (χ2n) is 7.80. The Bertz CT molecular complexity index is 1050. The van der Waals surface area contributed by atoms with E-state index in [0.29, 0.717) is 17.1 Å². The number of pyridine rings is 1. The number of rotatable bonds is 3. The summed E-state index contributed by atoms with van der Waals surface area (Å²) >= 11 is 0. The summed E-state index contributed by atoms with van der Waals surface area (Å²) in [7, 11) is 0. The van der Waals surface area contributed by atoms with Gasteiger partial charge < -0.3 is 16.4 Å². The molecule has 5 rings (SSSR count). The molecule has 0 saturated carbocycles. The van der Waals surface area contributed by atoms with E-state index >= 15 is 0 Å². The van der Waals surface area contributed by atoms with Crippen LogP contribution in [0.3, 0.4) is 0 Å². The van der Waals surface area contributed by atoms with Crippen molar-refractivity contribution in [1.82, 2.24) is 9.38 Å². The Labute approximate surface area is 158 Å². The maximum Gasteiger partial charge on any atom is 0.252 e. The largest absolute Gasteiger partial charge is 0.365 e. The van der Waals surface area contributed by atoms with Crippen LogP contribution in [-0.2, 0) is 12.8 Å². The number of anilines is 1. The highest BCUT2D eigenvalue weighted by atomic mass is 16.1. The third kappa shape index (κ3) is 2.43. The summed E-state index contributed by atoms with van der Waals surface area (Å²) in [6.45, 7) is 2.74. The van der Waals surface area contributed by atoms with E-state index in [1.54, 1.807) is 0 Å². The van der Waals surface area contributed by atoms with Gasteiger partial charge in [0.05, 0.1) is 16.6 Å². The number of amides is 1. The van der Waals surface area contributed by atoms with Crippen molar-refractivity contribution in [1.29, 1.82) is 0 Å². The fourth-order valence-electron chi connectivity index (χ4n) is 4.92. The van der Waals surface area contributed by atoms with Crippen LogP contribution in [0.5, 0.6) is 0 Å². The first-order valence-electron chi connectivity index (χ1n) is 9.88. The normalized spacial score (nSPS) is 17.7. The van der Waals surface area contributed by atoms with Gasteiger partial charge in [0.1, 0.15) is 5.82 Å². The topological polar surface area (TPSA) is 89.6 Å². The van der Waals surface area contributed by atoms with Crippen molar-refractivity contribution >= 4 is 28.4 Å². The van der Waals surface area contributed by atoms with Crippen LogP contribution >= 0.6 is 0 Å². The number of hydrogen-bond acceptors (Lipinski definition) is 4. The zero-order valence-electron chi connectivity index (χ0n) is 15.4. The predicted molar refractivity (Wildman–Crippen MR) is 107 cm³/mol.